The van der Waals surface area contributed by atoms with Crippen LogP contribution in [-0.4, -0.2) is 20.1 Å². The highest BCUT2D eigenvalue weighted by atomic mass is 32.1. The van der Waals surface area contributed by atoms with Gasteiger partial charge in [0.15, 0.2) is 5.82 Å². The van der Waals surface area contributed by atoms with E-state index in [9.17, 15) is 0 Å². The van der Waals surface area contributed by atoms with E-state index in [2.05, 4.69) is 15.0 Å². The molecular weight excluding hydrogens is 174 g/mol. The van der Waals surface area contributed by atoms with E-state index in [1.165, 1.54) is 11.3 Å². The first-order chi connectivity index (χ1) is 5.90. The first-order valence-electron chi connectivity index (χ1n) is 3.43. The number of imidazole rings is 1. The summed E-state index contributed by atoms with van der Waals surface area (Å²) in [6, 6.07) is 0. The smallest absolute Gasteiger partial charge is 0.157 e. The number of aromatic nitrogens is 3. The van der Waals surface area contributed by atoms with Gasteiger partial charge in [-0.15, -0.1) is 11.3 Å². The van der Waals surface area contributed by atoms with Crippen molar-refractivity contribution in [2.24, 2.45) is 0 Å². The normalized spacial score (nSPS) is 10.4. The van der Waals surface area contributed by atoms with Crippen LogP contribution in [0, 0.1) is 0 Å². The number of nitrogens with zero attached hydrogens (tertiary/aromatic N) is 2. The second-order valence-corrected chi connectivity index (χ2v) is 3.01. The number of nitrogens with one attached hydrogen (secondary N) is 1. The maximum absolute atomic E-state index is 8.76. The van der Waals surface area contributed by atoms with Crippen LogP contribution in [-0.2, 0) is 6.61 Å². The van der Waals surface area contributed by atoms with Crippen LogP contribution >= 0.6 is 11.3 Å². The number of aromatic amines is 1. The highest BCUT2D eigenvalue weighted by molar-refractivity contribution is 7.07. The van der Waals surface area contributed by atoms with Crippen LogP contribution in [0.25, 0.3) is 11.5 Å². The number of thiazole rings is 1. The second-order valence-electron chi connectivity index (χ2n) is 2.29. The Hall–Kier alpha value is -1.20. The minimum Gasteiger partial charge on any atom is -0.390 e. The molecule has 2 rings (SSSR count). The molecule has 0 aliphatic rings. The van der Waals surface area contributed by atoms with E-state index in [0.29, 0.717) is 11.5 Å². The number of hydrogen-bond acceptors (Lipinski definition) is 4. The number of H-pyrrole nitrogens is 1. The van der Waals surface area contributed by atoms with E-state index >= 15 is 0 Å². The van der Waals surface area contributed by atoms with Crippen molar-refractivity contribution < 1.29 is 5.11 Å². The second kappa shape index (κ2) is 3.04. The maximum Gasteiger partial charge on any atom is 0.157 e. The summed E-state index contributed by atoms with van der Waals surface area (Å²) in [5, 5.41) is 10.7. The third kappa shape index (κ3) is 1.24. The molecule has 62 valence electrons. The van der Waals surface area contributed by atoms with Crippen LogP contribution in [0.5, 0.6) is 0 Å². The lowest BCUT2D eigenvalue weighted by atomic mass is 10.5. The van der Waals surface area contributed by atoms with Gasteiger partial charge < -0.3 is 10.1 Å². The molecule has 0 fully saturated rings. The van der Waals surface area contributed by atoms with Gasteiger partial charge in [-0.2, -0.15) is 0 Å². The number of aliphatic hydroxyl groups is 1. The summed E-state index contributed by atoms with van der Waals surface area (Å²) < 4.78 is 0. The Morgan fingerprint density at radius 2 is 2.42 bits per heavy atom. The van der Waals surface area contributed by atoms with Gasteiger partial charge in [-0.25, -0.2) is 9.97 Å². The van der Waals surface area contributed by atoms with Crippen LogP contribution < -0.4 is 0 Å². The zero-order chi connectivity index (χ0) is 8.39. The fourth-order valence-electron chi connectivity index (χ4n) is 0.899. The predicted octanol–water partition coefficient (Wildman–Crippen LogP) is 1.03. The minimum atomic E-state index is -0.0167. The minimum absolute atomic E-state index is 0.0167. The van der Waals surface area contributed by atoms with Gasteiger partial charge in [-0.3, -0.25) is 0 Å². The van der Waals surface area contributed by atoms with Gasteiger partial charge in [0.2, 0.25) is 0 Å². The van der Waals surface area contributed by atoms with E-state index in [-0.39, 0.29) is 6.61 Å². The van der Waals surface area contributed by atoms with E-state index in [0.717, 1.165) is 5.69 Å². The predicted molar refractivity (Wildman–Crippen MR) is 45.6 cm³/mol. The molecule has 4 nitrogen and oxygen atoms in total. The van der Waals surface area contributed by atoms with Crippen LogP contribution in [0.2, 0.25) is 0 Å². The van der Waals surface area contributed by atoms with Gasteiger partial charge in [-0.05, 0) is 0 Å². The zero-order valence-corrected chi connectivity index (χ0v) is 7.01. The highest BCUT2D eigenvalue weighted by Gasteiger charge is 2.03. The lowest BCUT2D eigenvalue weighted by molar-refractivity contribution is 0.277. The van der Waals surface area contributed by atoms with Crippen molar-refractivity contribution in [3.8, 4) is 11.5 Å². The Kier molecular flexibility index (Phi) is 1.89. The lowest BCUT2D eigenvalue weighted by Gasteiger charge is -1.87. The summed E-state index contributed by atoms with van der Waals surface area (Å²) in [7, 11) is 0. The van der Waals surface area contributed by atoms with Gasteiger partial charge in [0, 0.05) is 5.38 Å². The van der Waals surface area contributed by atoms with Crippen molar-refractivity contribution in [1.29, 1.82) is 0 Å². The van der Waals surface area contributed by atoms with Crippen LogP contribution in [0.3, 0.4) is 0 Å². The summed E-state index contributed by atoms with van der Waals surface area (Å²) >= 11 is 1.52. The molecule has 0 atom stereocenters. The van der Waals surface area contributed by atoms with Crippen molar-refractivity contribution in [1.82, 2.24) is 15.0 Å². The SMILES string of the molecule is OCc1cnc(-c2cscn2)[nH]1. The lowest BCUT2D eigenvalue weighted by Crippen LogP contribution is -1.82. The standard InChI is InChI=1S/C7H7N3OS/c11-2-5-1-8-7(10-5)6-3-12-4-9-6/h1,3-4,11H,2H2,(H,8,10). The third-order valence-corrected chi connectivity index (χ3v) is 2.06. The average Bonchev–Trinajstić information content (AvgIpc) is 2.75. The van der Waals surface area contributed by atoms with E-state index in [1.807, 2.05) is 5.38 Å². The quantitative estimate of drug-likeness (QED) is 0.727. The molecule has 2 aromatic rings. The van der Waals surface area contributed by atoms with Crippen LogP contribution in [0.15, 0.2) is 17.1 Å². The van der Waals surface area contributed by atoms with Crippen molar-refractivity contribution in [3.63, 3.8) is 0 Å². The van der Waals surface area contributed by atoms with Crippen LogP contribution in [0.4, 0.5) is 0 Å². The van der Waals surface area contributed by atoms with Gasteiger partial charge in [0.05, 0.1) is 24.0 Å². The summed E-state index contributed by atoms with van der Waals surface area (Å²) in [5.41, 5.74) is 3.27. The summed E-state index contributed by atoms with van der Waals surface area (Å²) in [6.45, 7) is -0.0167. The first-order valence-corrected chi connectivity index (χ1v) is 4.37. The van der Waals surface area contributed by atoms with Crippen molar-refractivity contribution in [3.05, 3.63) is 22.8 Å². The number of aliphatic hydroxyl groups excluding tert-OH is 1. The molecule has 0 bridgehead atoms. The molecule has 2 aromatic heterocycles. The van der Waals surface area contributed by atoms with Crippen molar-refractivity contribution >= 4 is 11.3 Å². The zero-order valence-electron chi connectivity index (χ0n) is 6.19. The maximum atomic E-state index is 8.76. The average molecular weight is 181 g/mol. The van der Waals surface area contributed by atoms with Crippen molar-refractivity contribution in [2.45, 2.75) is 6.61 Å². The first kappa shape index (κ1) is 7.45. The Balaban J connectivity index is 2.35. The van der Waals surface area contributed by atoms with Gasteiger partial charge in [-0.1, -0.05) is 0 Å². The Labute approximate surface area is 72.9 Å². The molecule has 0 saturated carbocycles. The third-order valence-electron chi connectivity index (χ3n) is 1.47. The Morgan fingerprint density at radius 3 is 3.00 bits per heavy atom. The Morgan fingerprint density at radius 1 is 1.50 bits per heavy atom. The molecule has 0 amide bonds. The molecule has 2 heterocycles. The highest BCUT2D eigenvalue weighted by Crippen LogP contribution is 2.14. The molecule has 0 saturated heterocycles. The molecule has 0 unspecified atom stereocenters. The van der Waals surface area contributed by atoms with Gasteiger partial charge in [0.25, 0.3) is 0 Å². The molecule has 0 radical (unpaired) electrons. The molecule has 0 aliphatic heterocycles. The van der Waals surface area contributed by atoms with Gasteiger partial charge >= 0.3 is 0 Å². The Bertz CT molecular complexity index is 354. The molecule has 0 aromatic carbocycles. The molecular formula is C7H7N3OS. The molecule has 12 heavy (non-hydrogen) atoms. The summed E-state index contributed by atoms with van der Waals surface area (Å²) in [6.07, 6.45) is 1.61. The van der Waals surface area contributed by atoms with E-state index in [1.54, 1.807) is 11.7 Å². The van der Waals surface area contributed by atoms with Gasteiger partial charge in [0.1, 0.15) is 5.69 Å². The molecule has 0 spiro atoms. The summed E-state index contributed by atoms with van der Waals surface area (Å²) in [5.74, 6) is 0.709. The summed E-state index contributed by atoms with van der Waals surface area (Å²) in [4.78, 5) is 11.1. The number of hydrogen-bond donors (Lipinski definition) is 2. The van der Waals surface area contributed by atoms with Crippen molar-refractivity contribution in [2.75, 3.05) is 0 Å². The monoisotopic (exact) mass is 181 g/mol. The van der Waals surface area contributed by atoms with E-state index < -0.39 is 0 Å². The van der Waals surface area contributed by atoms with Crippen LogP contribution in [0.1, 0.15) is 5.69 Å². The molecule has 2 N–H and O–H groups in total. The number of rotatable bonds is 2. The largest absolute Gasteiger partial charge is 0.390 e. The molecule has 5 heteroatoms. The topological polar surface area (TPSA) is 61.8 Å². The molecule has 0 aliphatic carbocycles. The van der Waals surface area contributed by atoms with E-state index in [4.69, 9.17) is 5.11 Å². The fourth-order valence-corrected chi connectivity index (χ4v) is 1.44. The fraction of sp³-hybridized carbons (Fsp3) is 0.143.